The van der Waals surface area contributed by atoms with Crippen LogP contribution in [-0.4, -0.2) is 52.3 Å². The van der Waals surface area contributed by atoms with Crippen LogP contribution >= 0.6 is 11.3 Å². The Hall–Kier alpha value is -5.54. The van der Waals surface area contributed by atoms with Crippen molar-refractivity contribution in [1.82, 2.24) is 0 Å². The van der Waals surface area contributed by atoms with E-state index in [1.54, 1.807) is 48.5 Å². The number of esters is 4. The van der Waals surface area contributed by atoms with E-state index in [0.717, 1.165) is 43.1 Å². The maximum absolute atomic E-state index is 12.2. The van der Waals surface area contributed by atoms with Gasteiger partial charge in [0.15, 0.2) is 0 Å². The predicted octanol–water partition coefficient (Wildman–Crippen LogP) is 7.56. The molecular formula is C36H28O8S. The van der Waals surface area contributed by atoms with Crippen LogP contribution in [0.4, 0.5) is 0 Å². The Balaban J connectivity index is 1.79. The number of carbonyl (C=O) groups excluding carboxylic acids is 4. The first-order valence-corrected chi connectivity index (χ1v) is 14.5. The van der Waals surface area contributed by atoms with Crippen molar-refractivity contribution < 1.29 is 38.1 Å². The molecule has 9 heteroatoms. The highest BCUT2D eigenvalue weighted by atomic mass is 32.1. The number of rotatable bonds is 8. The molecule has 0 aliphatic heterocycles. The van der Waals surface area contributed by atoms with Crippen molar-refractivity contribution in [3.8, 4) is 43.1 Å². The molecule has 0 saturated heterocycles. The Kier molecular flexibility index (Phi) is 9.20. The molecule has 1 heterocycles. The second-order valence-corrected chi connectivity index (χ2v) is 10.8. The maximum Gasteiger partial charge on any atom is 0.337 e. The van der Waals surface area contributed by atoms with Crippen molar-refractivity contribution >= 4 is 35.2 Å². The van der Waals surface area contributed by atoms with Gasteiger partial charge >= 0.3 is 23.9 Å². The highest BCUT2D eigenvalue weighted by Crippen LogP contribution is 2.52. The third-order valence-electron chi connectivity index (χ3n) is 7.23. The van der Waals surface area contributed by atoms with Crippen molar-refractivity contribution in [3.05, 3.63) is 119 Å². The molecule has 5 aromatic rings. The fraction of sp³-hybridized carbons (Fsp3) is 0.111. The minimum Gasteiger partial charge on any atom is -0.465 e. The third kappa shape index (κ3) is 6.25. The zero-order chi connectivity index (χ0) is 32.1. The lowest BCUT2D eigenvalue weighted by Gasteiger charge is -2.12. The minimum atomic E-state index is -0.449. The molecule has 45 heavy (non-hydrogen) atoms. The van der Waals surface area contributed by atoms with Crippen LogP contribution in [0.25, 0.3) is 43.1 Å². The van der Waals surface area contributed by atoms with Crippen LogP contribution in [-0.2, 0) is 18.9 Å². The average molecular weight is 621 g/mol. The monoisotopic (exact) mass is 620 g/mol. The molecule has 0 N–H and O–H groups in total. The largest absolute Gasteiger partial charge is 0.465 e. The molecule has 0 aliphatic carbocycles. The maximum atomic E-state index is 12.2. The molecule has 0 fully saturated rings. The van der Waals surface area contributed by atoms with E-state index >= 15 is 0 Å². The molecular weight excluding hydrogens is 592 g/mol. The lowest BCUT2D eigenvalue weighted by atomic mass is 9.90. The molecule has 8 nitrogen and oxygen atoms in total. The summed E-state index contributed by atoms with van der Waals surface area (Å²) in [5, 5.41) is 0. The predicted molar refractivity (Wildman–Crippen MR) is 171 cm³/mol. The Morgan fingerprint density at radius 1 is 0.378 bits per heavy atom. The normalized spacial score (nSPS) is 10.6. The highest BCUT2D eigenvalue weighted by Gasteiger charge is 2.24. The summed E-state index contributed by atoms with van der Waals surface area (Å²) >= 11 is 1.54. The van der Waals surface area contributed by atoms with Crippen molar-refractivity contribution in [2.24, 2.45) is 0 Å². The lowest BCUT2D eigenvalue weighted by Crippen LogP contribution is -2.01. The van der Waals surface area contributed by atoms with Crippen LogP contribution in [0.15, 0.2) is 97.1 Å². The zero-order valence-electron chi connectivity index (χ0n) is 24.9. The van der Waals surface area contributed by atoms with Gasteiger partial charge in [0.25, 0.3) is 0 Å². The van der Waals surface area contributed by atoms with Gasteiger partial charge in [-0.15, -0.1) is 11.3 Å². The molecule has 226 valence electrons. The van der Waals surface area contributed by atoms with Crippen LogP contribution in [0.5, 0.6) is 0 Å². The van der Waals surface area contributed by atoms with Gasteiger partial charge in [-0.05, 0) is 70.8 Å². The lowest BCUT2D eigenvalue weighted by molar-refractivity contribution is 0.0592. The Morgan fingerprint density at radius 2 is 0.600 bits per heavy atom. The van der Waals surface area contributed by atoms with E-state index in [0.29, 0.717) is 22.3 Å². The SMILES string of the molecule is COC(=O)c1ccc(-c2sc(-c3ccc(C(=O)OC)cc3)c(-c3ccc(C(=O)OC)cc3)c2-c2ccc(C(=O)OC)cc2)cc1. The summed E-state index contributed by atoms with van der Waals surface area (Å²) in [6.07, 6.45) is 0. The highest BCUT2D eigenvalue weighted by molar-refractivity contribution is 7.20. The molecule has 0 atom stereocenters. The minimum absolute atomic E-state index is 0.406. The molecule has 0 saturated carbocycles. The fourth-order valence-electron chi connectivity index (χ4n) is 4.92. The number of hydrogen-bond donors (Lipinski definition) is 0. The van der Waals surface area contributed by atoms with E-state index < -0.39 is 23.9 Å². The van der Waals surface area contributed by atoms with Gasteiger partial charge in [-0.1, -0.05) is 48.5 Å². The van der Waals surface area contributed by atoms with Crippen molar-refractivity contribution in [2.45, 2.75) is 0 Å². The van der Waals surface area contributed by atoms with Crippen molar-refractivity contribution in [3.63, 3.8) is 0 Å². The summed E-state index contributed by atoms with van der Waals surface area (Å²) in [5.41, 5.74) is 6.75. The van der Waals surface area contributed by atoms with Gasteiger partial charge < -0.3 is 18.9 Å². The summed E-state index contributed by atoms with van der Waals surface area (Å²) in [5.74, 6) is -1.78. The first-order chi connectivity index (χ1) is 21.8. The molecule has 1 aromatic heterocycles. The molecule has 0 unspecified atom stereocenters. The topological polar surface area (TPSA) is 105 Å². The summed E-state index contributed by atoms with van der Waals surface area (Å²) in [6.45, 7) is 0. The van der Waals surface area contributed by atoms with Gasteiger partial charge in [0.2, 0.25) is 0 Å². The number of thiophene rings is 1. The number of benzene rings is 4. The van der Waals surface area contributed by atoms with Crippen LogP contribution < -0.4 is 0 Å². The second kappa shape index (κ2) is 13.4. The number of methoxy groups -OCH3 is 4. The third-order valence-corrected chi connectivity index (χ3v) is 8.52. The average Bonchev–Trinajstić information content (AvgIpc) is 3.51. The first kappa shape index (κ1) is 30.9. The van der Waals surface area contributed by atoms with E-state index in [2.05, 4.69) is 0 Å². The summed E-state index contributed by atoms with van der Waals surface area (Å²) in [6, 6.07) is 28.5. The summed E-state index contributed by atoms with van der Waals surface area (Å²) < 4.78 is 19.6. The quantitative estimate of drug-likeness (QED) is 0.129. The van der Waals surface area contributed by atoms with E-state index in [4.69, 9.17) is 18.9 Å². The van der Waals surface area contributed by atoms with E-state index in [9.17, 15) is 19.2 Å². The molecule has 4 aromatic carbocycles. The molecule has 0 amide bonds. The van der Waals surface area contributed by atoms with E-state index in [-0.39, 0.29) is 0 Å². The fourth-order valence-corrected chi connectivity index (χ4v) is 6.28. The van der Waals surface area contributed by atoms with Gasteiger partial charge in [-0.25, -0.2) is 19.2 Å². The Morgan fingerprint density at radius 3 is 0.822 bits per heavy atom. The summed E-state index contributed by atoms with van der Waals surface area (Å²) in [4.78, 5) is 50.6. The Labute approximate surface area is 263 Å². The molecule has 5 rings (SSSR count). The number of hydrogen-bond acceptors (Lipinski definition) is 9. The number of carbonyl (C=O) groups is 4. The van der Waals surface area contributed by atoms with E-state index in [1.807, 2.05) is 48.5 Å². The van der Waals surface area contributed by atoms with Gasteiger partial charge in [-0.2, -0.15) is 0 Å². The standard InChI is InChI=1S/C36H28O8S/c1-41-33(37)25-13-5-21(6-14-25)29-30(22-7-15-26(16-8-22)34(38)42-2)32(24-11-19-28(20-12-24)36(40)44-4)45-31(29)23-9-17-27(18-10-23)35(39)43-3/h5-20H,1-4H3. The van der Waals surface area contributed by atoms with Crippen LogP contribution in [0.2, 0.25) is 0 Å². The van der Waals surface area contributed by atoms with Crippen LogP contribution in [0, 0.1) is 0 Å². The second-order valence-electron chi connectivity index (χ2n) is 9.79. The molecule has 0 radical (unpaired) electrons. The number of ether oxygens (including phenoxy) is 4. The molecule has 0 spiro atoms. The van der Waals surface area contributed by atoms with Gasteiger partial charge in [0.1, 0.15) is 0 Å². The van der Waals surface area contributed by atoms with Crippen LogP contribution in [0.1, 0.15) is 41.4 Å². The molecule has 0 aliphatic rings. The summed E-state index contributed by atoms with van der Waals surface area (Å²) in [7, 11) is 5.33. The van der Waals surface area contributed by atoms with Crippen LogP contribution in [0.3, 0.4) is 0 Å². The zero-order valence-corrected chi connectivity index (χ0v) is 25.7. The van der Waals surface area contributed by atoms with E-state index in [1.165, 1.54) is 39.8 Å². The van der Waals surface area contributed by atoms with Gasteiger partial charge in [0.05, 0.1) is 50.7 Å². The Bertz CT molecular complexity index is 1730. The van der Waals surface area contributed by atoms with Crippen molar-refractivity contribution in [2.75, 3.05) is 28.4 Å². The smallest absolute Gasteiger partial charge is 0.337 e. The van der Waals surface area contributed by atoms with Crippen molar-refractivity contribution in [1.29, 1.82) is 0 Å². The molecule has 0 bridgehead atoms. The van der Waals surface area contributed by atoms with Gasteiger partial charge in [-0.3, -0.25) is 0 Å². The van der Waals surface area contributed by atoms with Gasteiger partial charge in [0, 0.05) is 20.9 Å². The first-order valence-electron chi connectivity index (χ1n) is 13.7.